The number of unbranched alkanes of at least 4 members (excludes halogenated alkanes) is 36. The van der Waals surface area contributed by atoms with E-state index in [1.807, 2.05) is 0 Å². The zero-order valence-electron chi connectivity index (χ0n) is 40.4. The molecule has 0 aliphatic carbocycles. The summed E-state index contributed by atoms with van der Waals surface area (Å²) in [5, 5.41) is 22.4. The molecule has 4 nitrogen and oxygen atoms in total. The van der Waals surface area contributed by atoms with Crippen molar-refractivity contribution < 1.29 is 19.7 Å². The number of carbonyl (C=O) groups excluding carboxylic acids is 1. The predicted octanol–water partition coefficient (Wildman–Crippen LogP) is 18.0. The van der Waals surface area contributed by atoms with Crippen LogP contribution in [0.5, 0.6) is 0 Å². The Labute approximate surface area is 370 Å². The van der Waals surface area contributed by atoms with Crippen molar-refractivity contribution in [2.75, 3.05) is 0 Å². The van der Waals surface area contributed by atoms with Crippen LogP contribution in [0.2, 0.25) is 0 Å². The Balaban J connectivity index is 4.39. The van der Waals surface area contributed by atoms with Gasteiger partial charge >= 0.3 is 5.97 Å². The standard InChI is InChI=1S/C55H106O4/c1-4-7-10-13-16-19-22-25-27-29-32-34-37-40-43-46-49-52(56)55(59-54(58)51-48-45-42-39-36-31-24-21-18-15-12-9-6-3)53(57)50-47-44-41-38-35-33-30-28-26-23-20-17-14-11-8-5-2/h25-28,52-53,55-57H,4-24,29-51H2,1-3H3/b27-25-,28-26-. The van der Waals surface area contributed by atoms with Gasteiger partial charge in [-0.1, -0.05) is 251 Å². The zero-order chi connectivity index (χ0) is 43.0. The fraction of sp³-hybridized carbons (Fsp3) is 0.909. The molecule has 0 fully saturated rings. The Morgan fingerprint density at radius 1 is 0.356 bits per heavy atom. The molecular formula is C55H106O4. The molecule has 0 radical (unpaired) electrons. The van der Waals surface area contributed by atoms with Crippen molar-refractivity contribution in [3.63, 3.8) is 0 Å². The maximum atomic E-state index is 13.0. The minimum absolute atomic E-state index is 0.252. The first kappa shape index (κ1) is 57.9. The summed E-state index contributed by atoms with van der Waals surface area (Å²) in [6.07, 6.45) is 60.3. The van der Waals surface area contributed by atoms with Gasteiger partial charge in [-0.15, -0.1) is 0 Å². The normalized spacial score (nSPS) is 13.5. The predicted molar refractivity (Wildman–Crippen MR) is 260 cm³/mol. The molecule has 0 rings (SSSR count). The van der Waals surface area contributed by atoms with E-state index in [-0.39, 0.29) is 5.97 Å². The number of aliphatic hydroxyl groups excluding tert-OH is 2. The van der Waals surface area contributed by atoms with E-state index >= 15 is 0 Å². The Kier molecular flexibility index (Phi) is 48.6. The molecule has 2 atom stereocenters. The number of esters is 1. The van der Waals surface area contributed by atoms with Crippen molar-refractivity contribution in [2.45, 2.75) is 322 Å². The van der Waals surface area contributed by atoms with E-state index in [9.17, 15) is 15.0 Å². The SMILES string of the molecule is CCCCCCCC/C=C\CCCCCCCCC(O)C(OC(=O)CCCCCCCCCCCCCCC)C(O)CCCCCCCC/C=C\CCCCCCCC. The number of carbonyl (C=O) groups is 1. The minimum atomic E-state index is -0.810. The number of hydrogen-bond donors (Lipinski definition) is 2. The van der Waals surface area contributed by atoms with Crippen LogP contribution in [0.25, 0.3) is 0 Å². The van der Waals surface area contributed by atoms with E-state index in [0.29, 0.717) is 19.3 Å². The fourth-order valence-corrected chi connectivity index (χ4v) is 8.44. The molecule has 0 saturated carbocycles. The number of allylic oxidation sites excluding steroid dienone is 4. The third-order valence-corrected chi connectivity index (χ3v) is 12.5. The summed E-state index contributed by atoms with van der Waals surface area (Å²) in [7, 11) is 0. The topological polar surface area (TPSA) is 66.8 Å². The molecule has 4 heteroatoms. The van der Waals surface area contributed by atoms with Gasteiger partial charge in [-0.2, -0.15) is 0 Å². The summed E-state index contributed by atoms with van der Waals surface area (Å²) in [5.74, 6) is -0.252. The van der Waals surface area contributed by atoms with Crippen LogP contribution in [-0.2, 0) is 9.53 Å². The Morgan fingerprint density at radius 3 is 0.881 bits per heavy atom. The van der Waals surface area contributed by atoms with Gasteiger partial charge in [0, 0.05) is 6.42 Å². The van der Waals surface area contributed by atoms with E-state index in [1.54, 1.807) is 0 Å². The average molecular weight is 831 g/mol. The van der Waals surface area contributed by atoms with Crippen LogP contribution < -0.4 is 0 Å². The maximum absolute atomic E-state index is 13.0. The highest BCUT2D eigenvalue weighted by molar-refractivity contribution is 5.69. The number of ether oxygens (including phenoxy) is 1. The van der Waals surface area contributed by atoms with Gasteiger partial charge in [0.1, 0.15) is 0 Å². The molecule has 0 aromatic heterocycles. The first-order chi connectivity index (χ1) is 29.1. The molecule has 0 aliphatic rings. The Bertz CT molecular complexity index is 819. The molecule has 0 aliphatic heterocycles. The van der Waals surface area contributed by atoms with E-state index < -0.39 is 18.3 Å². The van der Waals surface area contributed by atoms with Crippen LogP contribution in [0.15, 0.2) is 24.3 Å². The van der Waals surface area contributed by atoms with Crippen molar-refractivity contribution >= 4 is 5.97 Å². The summed E-state index contributed by atoms with van der Waals surface area (Å²) in [6.45, 7) is 6.83. The summed E-state index contributed by atoms with van der Waals surface area (Å²) < 4.78 is 5.89. The van der Waals surface area contributed by atoms with Gasteiger partial charge in [-0.25, -0.2) is 0 Å². The van der Waals surface area contributed by atoms with Gasteiger partial charge in [0.05, 0.1) is 12.2 Å². The maximum Gasteiger partial charge on any atom is 0.306 e. The lowest BCUT2D eigenvalue weighted by atomic mass is 9.97. The van der Waals surface area contributed by atoms with E-state index in [4.69, 9.17) is 4.74 Å². The van der Waals surface area contributed by atoms with Crippen LogP contribution in [-0.4, -0.2) is 34.5 Å². The lowest BCUT2D eigenvalue weighted by molar-refractivity contribution is -0.165. The van der Waals surface area contributed by atoms with Crippen LogP contribution in [0.3, 0.4) is 0 Å². The van der Waals surface area contributed by atoms with E-state index in [2.05, 4.69) is 45.1 Å². The smallest absolute Gasteiger partial charge is 0.306 e. The highest BCUT2D eigenvalue weighted by atomic mass is 16.6. The quantitative estimate of drug-likeness (QED) is 0.0364. The summed E-state index contributed by atoms with van der Waals surface area (Å²) in [6, 6.07) is 0. The zero-order valence-corrected chi connectivity index (χ0v) is 40.4. The number of hydrogen-bond acceptors (Lipinski definition) is 4. The molecule has 0 aromatic rings. The van der Waals surface area contributed by atoms with Gasteiger partial charge in [-0.05, 0) is 70.6 Å². The molecule has 350 valence electrons. The third-order valence-electron chi connectivity index (χ3n) is 12.5. The van der Waals surface area contributed by atoms with Crippen molar-refractivity contribution in [1.29, 1.82) is 0 Å². The Morgan fingerprint density at radius 2 is 0.593 bits per heavy atom. The lowest BCUT2D eigenvalue weighted by Gasteiger charge is -2.28. The molecule has 0 spiro atoms. The Hall–Kier alpha value is -1.13. The molecule has 0 heterocycles. The monoisotopic (exact) mass is 831 g/mol. The van der Waals surface area contributed by atoms with Crippen molar-refractivity contribution in [2.24, 2.45) is 0 Å². The van der Waals surface area contributed by atoms with Crippen molar-refractivity contribution in [3.8, 4) is 0 Å². The molecule has 0 saturated heterocycles. The second kappa shape index (κ2) is 49.5. The molecule has 2 N–H and O–H groups in total. The summed E-state index contributed by atoms with van der Waals surface area (Å²) in [5.41, 5.74) is 0. The van der Waals surface area contributed by atoms with Crippen molar-refractivity contribution in [1.82, 2.24) is 0 Å². The van der Waals surface area contributed by atoms with E-state index in [0.717, 1.165) is 38.5 Å². The summed E-state index contributed by atoms with van der Waals surface area (Å²) in [4.78, 5) is 13.0. The minimum Gasteiger partial charge on any atom is -0.457 e. The first-order valence-electron chi connectivity index (χ1n) is 26.9. The lowest BCUT2D eigenvalue weighted by Crippen LogP contribution is -2.41. The van der Waals surface area contributed by atoms with Gasteiger partial charge in [0.25, 0.3) is 0 Å². The highest BCUT2D eigenvalue weighted by Gasteiger charge is 2.30. The van der Waals surface area contributed by atoms with Gasteiger partial charge < -0.3 is 14.9 Å². The second-order valence-electron chi connectivity index (χ2n) is 18.5. The highest BCUT2D eigenvalue weighted by Crippen LogP contribution is 2.21. The van der Waals surface area contributed by atoms with Crippen LogP contribution >= 0.6 is 0 Å². The first-order valence-corrected chi connectivity index (χ1v) is 26.9. The van der Waals surface area contributed by atoms with Crippen molar-refractivity contribution in [3.05, 3.63) is 24.3 Å². The van der Waals surface area contributed by atoms with Crippen LogP contribution in [0.4, 0.5) is 0 Å². The molecule has 2 unspecified atom stereocenters. The molecular weight excluding hydrogens is 725 g/mol. The van der Waals surface area contributed by atoms with Crippen LogP contribution in [0.1, 0.15) is 303 Å². The van der Waals surface area contributed by atoms with Gasteiger partial charge in [0.2, 0.25) is 0 Å². The largest absolute Gasteiger partial charge is 0.457 e. The number of rotatable bonds is 49. The van der Waals surface area contributed by atoms with Gasteiger partial charge in [0.15, 0.2) is 6.10 Å². The molecule has 59 heavy (non-hydrogen) atoms. The number of aliphatic hydroxyl groups is 2. The van der Waals surface area contributed by atoms with Gasteiger partial charge in [-0.3, -0.25) is 4.79 Å². The molecule has 0 bridgehead atoms. The second-order valence-corrected chi connectivity index (χ2v) is 18.5. The molecule has 0 aromatic carbocycles. The average Bonchev–Trinajstić information content (AvgIpc) is 3.23. The summed E-state index contributed by atoms with van der Waals surface area (Å²) >= 11 is 0. The van der Waals surface area contributed by atoms with E-state index in [1.165, 1.54) is 225 Å². The van der Waals surface area contributed by atoms with Crippen LogP contribution in [0, 0.1) is 0 Å². The molecule has 0 amide bonds. The fourth-order valence-electron chi connectivity index (χ4n) is 8.44. The third kappa shape index (κ3) is 44.7.